The Morgan fingerprint density at radius 1 is 1.26 bits per heavy atom. The molecule has 1 aliphatic rings. The number of rotatable bonds is 3. The molecule has 1 aliphatic heterocycles. The molecule has 0 bridgehead atoms. The van der Waals surface area contributed by atoms with Crippen LogP contribution in [0.15, 0.2) is 30.3 Å². The average Bonchev–Trinajstić information content (AvgIpc) is 3.20. The summed E-state index contributed by atoms with van der Waals surface area (Å²) in [6.45, 7) is 4.19. The number of aryl methyl sites for hydroxylation is 2. The van der Waals surface area contributed by atoms with Gasteiger partial charge in [-0.05, 0) is 38.5 Å². The molecule has 1 unspecified atom stereocenters. The van der Waals surface area contributed by atoms with Gasteiger partial charge >= 0.3 is 0 Å². The maximum atomic E-state index is 12.7. The molecule has 9 heteroatoms. The number of nitrogens with one attached hydrogen (secondary N) is 1. The Hall–Kier alpha value is -3.00. The Bertz CT molecular complexity index is 1060. The third-order valence-corrected chi connectivity index (χ3v) is 4.80. The monoisotopic (exact) mass is 384 g/mol. The van der Waals surface area contributed by atoms with E-state index in [1.165, 1.54) is 4.52 Å². The molecule has 2 aromatic heterocycles. The predicted octanol–water partition coefficient (Wildman–Crippen LogP) is 1.93. The van der Waals surface area contributed by atoms with Crippen molar-refractivity contribution in [3.63, 3.8) is 0 Å². The molecule has 4 rings (SSSR count). The molecular weight excluding hydrogens is 368 g/mol. The highest BCUT2D eigenvalue weighted by atomic mass is 35.5. The lowest BCUT2D eigenvalue weighted by atomic mass is 10.2. The Kier molecular flexibility index (Phi) is 4.27. The van der Waals surface area contributed by atoms with Crippen LogP contribution in [0.3, 0.4) is 0 Å². The molecule has 1 atom stereocenters. The summed E-state index contributed by atoms with van der Waals surface area (Å²) in [5, 5.41) is 7.41. The first-order valence-electron chi connectivity index (χ1n) is 8.52. The number of anilines is 1. The normalized spacial score (nSPS) is 16.9. The molecule has 0 saturated carbocycles. The van der Waals surface area contributed by atoms with Crippen molar-refractivity contribution < 1.29 is 9.59 Å². The molecule has 2 amide bonds. The Morgan fingerprint density at radius 3 is 2.81 bits per heavy atom. The van der Waals surface area contributed by atoms with Crippen LogP contribution in [0, 0.1) is 13.8 Å². The highest BCUT2D eigenvalue weighted by molar-refractivity contribution is 6.34. The summed E-state index contributed by atoms with van der Waals surface area (Å²) in [5.41, 5.74) is 2.26. The lowest BCUT2D eigenvalue weighted by molar-refractivity contribution is -0.118. The van der Waals surface area contributed by atoms with Crippen molar-refractivity contribution >= 4 is 34.9 Å². The lowest BCUT2D eigenvalue weighted by Crippen LogP contribution is -2.42. The Labute approximate surface area is 160 Å². The molecule has 138 valence electrons. The molecule has 1 N–H and O–H groups in total. The third kappa shape index (κ3) is 3.12. The third-order valence-electron chi connectivity index (χ3n) is 4.48. The van der Waals surface area contributed by atoms with E-state index in [9.17, 15) is 9.59 Å². The summed E-state index contributed by atoms with van der Waals surface area (Å²) in [7, 11) is 0. The van der Waals surface area contributed by atoms with Crippen molar-refractivity contribution in [1.82, 2.24) is 24.9 Å². The zero-order chi connectivity index (χ0) is 19.1. The van der Waals surface area contributed by atoms with E-state index < -0.39 is 11.9 Å². The molecule has 1 saturated heterocycles. The molecule has 0 aliphatic carbocycles. The molecule has 3 aromatic rings. The topological polar surface area (TPSA) is 92.5 Å². The van der Waals surface area contributed by atoms with E-state index in [4.69, 9.17) is 11.6 Å². The Morgan fingerprint density at radius 2 is 2.04 bits per heavy atom. The first-order valence-corrected chi connectivity index (χ1v) is 8.89. The van der Waals surface area contributed by atoms with Crippen LogP contribution in [0.4, 0.5) is 5.69 Å². The number of fused-ring (bicyclic) bond motifs is 1. The number of hydrogen-bond donors (Lipinski definition) is 1. The minimum Gasteiger partial charge on any atom is -0.337 e. The number of halogens is 1. The number of hydrogen-bond acceptors (Lipinski definition) is 5. The van der Waals surface area contributed by atoms with E-state index in [0.717, 1.165) is 11.4 Å². The van der Waals surface area contributed by atoms with Gasteiger partial charge in [0.25, 0.3) is 11.7 Å². The highest BCUT2D eigenvalue weighted by Crippen LogP contribution is 2.29. The van der Waals surface area contributed by atoms with Crippen molar-refractivity contribution in [3.05, 3.63) is 52.6 Å². The first kappa shape index (κ1) is 17.4. The summed E-state index contributed by atoms with van der Waals surface area (Å²) < 4.78 is 1.51. The van der Waals surface area contributed by atoms with Crippen LogP contribution >= 0.6 is 11.6 Å². The van der Waals surface area contributed by atoms with Crippen molar-refractivity contribution in [2.75, 3.05) is 11.4 Å². The van der Waals surface area contributed by atoms with E-state index >= 15 is 0 Å². The summed E-state index contributed by atoms with van der Waals surface area (Å²) in [5.74, 6) is -0.365. The van der Waals surface area contributed by atoms with Crippen LogP contribution in [0.2, 0.25) is 5.02 Å². The number of benzene rings is 1. The van der Waals surface area contributed by atoms with Gasteiger partial charge in [-0.3, -0.25) is 9.59 Å². The van der Waals surface area contributed by atoms with Gasteiger partial charge in [0.1, 0.15) is 6.04 Å². The SMILES string of the molecule is Cc1cc(C)n2nc(C(=O)NC3CCN(c4ccccc4Cl)C3=O)nc2n1. The molecular formula is C18H17ClN6O2. The lowest BCUT2D eigenvalue weighted by Gasteiger charge is -2.18. The van der Waals surface area contributed by atoms with Crippen molar-refractivity contribution in [2.24, 2.45) is 0 Å². The number of nitrogens with zero attached hydrogens (tertiary/aromatic N) is 5. The molecule has 0 radical (unpaired) electrons. The maximum Gasteiger partial charge on any atom is 0.291 e. The van der Waals surface area contributed by atoms with Crippen molar-refractivity contribution in [1.29, 1.82) is 0 Å². The second-order valence-corrected chi connectivity index (χ2v) is 6.85. The quantitative estimate of drug-likeness (QED) is 0.744. The average molecular weight is 385 g/mol. The van der Waals surface area contributed by atoms with Gasteiger partial charge in [0.2, 0.25) is 11.7 Å². The summed E-state index contributed by atoms with van der Waals surface area (Å²) in [6.07, 6.45) is 0.486. The fourth-order valence-electron chi connectivity index (χ4n) is 3.21. The van der Waals surface area contributed by atoms with E-state index in [2.05, 4.69) is 20.4 Å². The van der Waals surface area contributed by atoms with Gasteiger partial charge in [0.15, 0.2) is 0 Å². The van der Waals surface area contributed by atoms with E-state index in [1.54, 1.807) is 23.1 Å². The van der Waals surface area contributed by atoms with Gasteiger partial charge in [-0.25, -0.2) is 9.50 Å². The standard InChI is InChI=1S/C18H17ClN6O2/c1-10-9-11(2)25-18(20-10)22-15(23-25)16(26)21-13-7-8-24(17(13)27)14-6-4-3-5-12(14)19/h3-6,9,13H,7-8H2,1-2H3,(H,21,26). The van der Waals surface area contributed by atoms with Gasteiger partial charge in [0, 0.05) is 17.9 Å². The zero-order valence-corrected chi connectivity index (χ0v) is 15.6. The second-order valence-electron chi connectivity index (χ2n) is 6.44. The van der Waals surface area contributed by atoms with Gasteiger partial charge in [-0.15, -0.1) is 5.10 Å². The van der Waals surface area contributed by atoms with Crippen LogP contribution < -0.4 is 10.2 Å². The van der Waals surface area contributed by atoms with Gasteiger partial charge < -0.3 is 10.2 Å². The molecule has 3 heterocycles. The molecule has 1 aromatic carbocycles. The van der Waals surface area contributed by atoms with Gasteiger partial charge in [0.05, 0.1) is 10.7 Å². The smallest absolute Gasteiger partial charge is 0.291 e. The summed E-state index contributed by atoms with van der Waals surface area (Å²) in [4.78, 5) is 35.3. The van der Waals surface area contributed by atoms with Crippen molar-refractivity contribution in [3.8, 4) is 0 Å². The fourth-order valence-corrected chi connectivity index (χ4v) is 3.45. The zero-order valence-electron chi connectivity index (χ0n) is 14.8. The number of para-hydroxylation sites is 1. The van der Waals surface area contributed by atoms with E-state index in [1.807, 2.05) is 26.0 Å². The molecule has 1 fully saturated rings. The number of carbonyl (C=O) groups excluding carboxylic acids is 2. The maximum absolute atomic E-state index is 12.7. The predicted molar refractivity (Wildman–Crippen MR) is 99.9 cm³/mol. The van der Waals surface area contributed by atoms with Crippen LogP contribution in [0.1, 0.15) is 28.4 Å². The van der Waals surface area contributed by atoms with E-state index in [-0.39, 0.29) is 11.7 Å². The second kappa shape index (κ2) is 6.62. The molecule has 8 nitrogen and oxygen atoms in total. The van der Waals surface area contributed by atoms with Crippen LogP contribution in [0.25, 0.3) is 5.78 Å². The number of aromatic nitrogens is 4. The number of carbonyl (C=O) groups is 2. The Balaban J connectivity index is 1.53. The highest BCUT2D eigenvalue weighted by Gasteiger charge is 2.35. The summed E-state index contributed by atoms with van der Waals surface area (Å²) in [6, 6.07) is 8.34. The van der Waals surface area contributed by atoms with Gasteiger partial charge in [-0.2, -0.15) is 4.98 Å². The van der Waals surface area contributed by atoms with Crippen LogP contribution in [-0.4, -0.2) is 44.0 Å². The molecule has 0 spiro atoms. The fraction of sp³-hybridized carbons (Fsp3) is 0.278. The largest absolute Gasteiger partial charge is 0.337 e. The first-order chi connectivity index (χ1) is 12.9. The number of amides is 2. The summed E-state index contributed by atoms with van der Waals surface area (Å²) >= 11 is 6.18. The molecule has 27 heavy (non-hydrogen) atoms. The van der Waals surface area contributed by atoms with Crippen LogP contribution in [-0.2, 0) is 4.79 Å². The van der Waals surface area contributed by atoms with E-state index in [0.29, 0.717) is 29.5 Å². The minimum absolute atomic E-state index is 0.0137. The van der Waals surface area contributed by atoms with Crippen LogP contribution in [0.5, 0.6) is 0 Å². The van der Waals surface area contributed by atoms with Crippen molar-refractivity contribution in [2.45, 2.75) is 26.3 Å². The van der Waals surface area contributed by atoms with Gasteiger partial charge in [-0.1, -0.05) is 23.7 Å². The minimum atomic E-state index is -0.642.